The van der Waals surface area contributed by atoms with Crippen LogP contribution in [0, 0.1) is 0 Å². The van der Waals surface area contributed by atoms with Gasteiger partial charge >= 0.3 is 12.1 Å². The van der Waals surface area contributed by atoms with Crippen LogP contribution in [0.1, 0.15) is 5.56 Å². The summed E-state index contributed by atoms with van der Waals surface area (Å²) < 4.78 is 4.55. The first-order valence-electron chi connectivity index (χ1n) is 5.44. The van der Waals surface area contributed by atoms with Crippen molar-refractivity contribution in [3.63, 3.8) is 0 Å². The number of alkyl carbamates (subject to hydrolysis) is 1. The highest BCUT2D eigenvalue weighted by molar-refractivity contribution is 5.80. The van der Waals surface area contributed by atoms with Crippen molar-refractivity contribution in [2.75, 3.05) is 13.2 Å². The number of hydrogen-bond acceptors (Lipinski definition) is 4. The van der Waals surface area contributed by atoms with Crippen LogP contribution in [-0.2, 0) is 16.0 Å². The van der Waals surface area contributed by atoms with Gasteiger partial charge in [0.1, 0.15) is 12.6 Å². The molecule has 1 atom stereocenters. The molecule has 0 saturated carbocycles. The molecule has 18 heavy (non-hydrogen) atoms. The number of aliphatic carboxylic acids is 1. The van der Waals surface area contributed by atoms with Crippen molar-refractivity contribution >= 4 is 12.1 Å². The number of amides is 1. The topological polar surface area (TPSA) is 95.9 Å². The average molecular weight is 253 g/mol. The van der Waals surface area contributed by atoms with Crippen LogP contribution in [0.15, 0.2) is 30.3 Å². The summed E-state index contributed by atoms with van der Waals surface area (Å²) in [4.78, 5) is 22.2. The maximum absolute atomic E-state index is 11.2. The second kappa shape index (κ2) is 7.29. The van der Waals surface area contributed by atoms with E-state index in [9.17, 15) is 9.59 Å². The summed E-state index contributed by atoms with van der Waals surface area (Å²) in [5, 5.41) is 19.7. The Hall–Kier alpha value is -2.08. The van der Waals surface area contributed by atoms with Gasteiger partial charge in [0.05, 0.1) is 6.61 Å². The summed E-state index contributed by atoms with van der Waals surface area (Å²) in [6, 6.07) is 7.89. The molecule has 6 nitrogen and oxygen atoms in total. The van der Waals surface area contributed by atoms with Crippen LogP contribution in [-0.4, -0.2) is 41.5 Å². The van der Waals surface area contributed by atoms with Crippen molar-refractivity contribution in [2.24, 2.45) is 0 Å². The second-order valence-electron chi connectivity index (χ2n) is 3.58. The molecule has 0 unspecified atom stereocenters. The number of rotatable bonds is 6. The van der Waals surface area contributed by atoms with Crippen LogP contribution in [0.5, 0.6) is 0 Å². The van der Waals surface area contributed by atoms with Crippen molar-refractivity contribution in [3.05, 3.63) is 35.9 Å². The lowest BCUT2D eigenvalue weighted by Gasteiger charge is -2.14. The Labute approximate surface area is 104 Å². The molecular weight excluding hydrogens is 238 g/mol. The number of benzene rings is 1. The highest BCUT2D eigenvalue weighted by Gasteiger charge is 2.20. The van der Waals surface area contributed by atoms with Gasteiger partial charge in [0.2, 0.25) is 0 Å². The van der Waals surface area contributed by atoms with Gasteiger partial charge in [0.15, 0.2) is 0 Å². The summed E-state index contributed by atoms with van der Waals surface area (Å²) in [6.45, 7) is -0.465. The summed E-state index contributed by atoms with van der Waals surface area (Å²) in [7, 11) is 0. The third-order valence-electron chi connectivity index (χ3n) is 2.20. The van der Waals surface area contributed by atoms with Crippen molar-refractivity contribution in [1.82, 2.24) is 5.32 Å². The predicted molar refractivity (Wildman–Crippen MR) is 63.1 cm³/mol. The lowest BCUT2D eigenvalue weighted by molar-refractivity contribution is -0.139. The third kappa shape index (κ3) is 4.84. The summed E-state index contributed by atoms with van der Waals surface area (Å²) >= 11 is 0. The zero-order valence-corrected chi connectivity index (χ0v) is 9.70. The molecule has 1 rings (SSSR count). The van der Waals surface area contributed by atoms with Gasteiger partial charge in [-0.25, -0.2) is 9.59 Å². The van der Waals surface area contributed by atoms with E-state index in [0.717, 1.165) is 5.56 Å². The van der Waals surface area contributed by atoms with Gasteiger partial charge in [0.25, 0.3) is 0 Å². The van der Waals surface area contributed by atoms with Crippen molar-refractivity contribution in [2.45, 2.75) is 12.5 Å². The minimum atomic E-state index is -1.14. The first-order chi connectivity index (χ1) is 8.63. The smallest absolute Gasteiger partial charge is 0.407 e. The molecule has 6 heteroatoms. The van der Waals surface area contributed by atoms with Gasteiger partial charge in [-0.05, 0) is 5.56 Å². The fourth-order valence-electron chi connectivity index (χ4n) is 1.37. The Kier molecular flexibility index (Phi) is 5.66. The average Bonchev–Trinajstić information content (AvgIpc) is 2.36. The van der Waals surface area contributed by atoms with Crippen molar-refractivity contribution < 1.29 is 24.5 Å². The van der Waals surface area contributed by atoms with E-state index in [-0.39, 0.29) is 19.6 Å². The standard InChI is InChI=1S/C12H15NO5/c14-6-7-18-12(17)13-10(11(15)16)8-9-4-2-1-3-5-9/h1-5,10,14H,6-8H2,(H,13,17)(H,15,16)/t10-/m0/s1. The van der Waals surface area contributed by atoms with E-state index in [1.54, 1.807) is 24.3 Å². The third-order valence-corrected chi connectivity index (χ3v) is 2.20. The predicted octanol–water partition coefficient (Wildman–Crippen LogP) is 0.401. The molecule has 98 valence electrons. The number of carboxylic acid groups (broad SMARTS) is 1. The van der Waals surface area contributed by atoms with Gasteiger partial charge < -0.3 is 20.3 Å². The fourth-order valence-corrected chi connectivity index (χ4v) is 1.37. The molecule has 0 heterocycles. The van der Waals surface area contributed by atoms with E-state index in [4.69, 9.17) is 10.2 Å². The van der Waals surface area contributed by atoms with Crippen molar-refractivity contribution in [1.29, 1.82) is 0 Å². The van der Waals surface area contributed by atoms with Gasteiger partial charge in [-0.15, -0.1) is 0 Å². The van der Waals surface area contributed by atoms with E-state index in [1.165, 1.54) is 0 Å². The quantitative estimate of drug-likeness (QED) is 0.682. The number of nitrogens with one attached hydrogen (secondary N) is 1. The Balaban J connectivity index is 2.55. The zero-order valence-electron chi connectivity index (χ0n) is 9.70. The molecule has 3 N–H and O–H groups in total. The zero-order chi connectivity index (χ0) is 13.4. The van der Waals surface area contributed by atoms with E-state index in [0.29, 0.717) is 0 Å². The van der Waals surface area contributed by atoms with Crippen LogP contribution in [0.4, 0.5) is 4.79 Å². The monoisotopic (exact) mass is 253 g/mol. The molecule has 0 fully saturated rings. The maximum atomic E-state index is 11.2. The normalized spacial score (nSPS) is 11.6. The molecule has 0 spiro atoms. The van der Waals surface area contributed by atoms with Gasteiger partial charge in [-0.2, -0.15) is 0 Å². The first-order valence-corrected chi connectivity index (χ1v) is 5.44. The molecule has 0 aliphatic carbocycles. The summed E-state index contributed by atoms with van der Waals surface area (Å²) in [6.07, 6.45) is -0.683. The van der Waals surface area contributed by atoms with E-state index in [1.807, 2.05) is 6.07 Å². The highest BCUT2D eigenvalue weighted by atomic mass is 16.6. The second-order valence-corrected chi connectivity index (χ2v) is 3.58. The lowest BCUT2D eigenvalue weighted by Crippen LogP contribution is -2.42. The minimum absolute atomic E-state index is 0.163. The van der Waals surface area contributed by atoms with E-state index >= 15 is 0 Å². The lowest BCUT2D eigenvalue weighted by atomic mass is 10.1. The Bertz CT molecular complexity index is 393. The number of aliphatic hydroxyl groups is 1. The van der Waals surface area contributed by atoms with Crippen LogP contribution in [0.25, 0.3) is 0 Å². The number of carbonyl (C=O) groups is 2. The van der Waals surface area contributed by atoms with Gasteiger partial charge in [-0.3, -0.25) is 0 Å². The maximum Gasteiger partial charge on any atom is 0.407 e. The molecule has 0 aliphatic heterocycles. The first kappa shape index (κ1) is 14.0. The van der Waals surface area contributed by atoms with Gasteiger partial charge in [0, 0.05) is 6.42 Å². The Morgan fingerprint density at radius 1 is 1.28 bits per heavy atom. The molecular formula is C12H15NO5. The number of aliphatic hydroxyl groups excluding tert-OH is 1. The molecule has 0 aromatic heterocycles. The molecule has 0 saturated heterocycles. The molecule has 0 radical (unpaired) electrons. The molecule has 1 aromatic carbocycles. The Morgan fingerprint density at radius 3 is 2.50 bits per heavy atom. The van der Waals surface area contributed by atoms with E-state index < -0.39 is 18.1 Å². The Morgan fingerprint density at radius 2 is 1.94 bits per heavy atom. The number of carbonyl (C=O) groups excluding carboxylic acids is 1. The molecule has 0 aliphatic rings. The van der Waals surface area contributed by atoms with Crippen LogP contribution >= 0.6 is 0 Å². The van der Waals surface area contributed by atoms with Crippen LogP contribution in [0.3, 0.4) is 0 Å². The molecule has 1 amide bonds. The summed E-state index contributed by atoms with van der Waals surface area (Å²) in [5.41, 5.74) is 0.798. The minimum Gasteiger partial charge on any atom is -0.480 e. The highest BCUT2D eigenvalue weighted by Crippen LogP contribution is 2.03. The molecule has 1 aromatic rings. The summed E-state index contributed by atoms with van der Waals surface area (Å²) in [5.74, 6) is -1.14. The van der Waals surface area contributed by atoms with Gasteiger partial charge in [-0.1, -0.05) is 30.3 Å². The van der Waals surface area contributed by atoms with Crippen LogP contribution < -0.4 is 5.32 Å². The molecule has 0 bridgehead atoms. The van der Waals surface area contributed by atoms with E-state index in [2.05, 4.69) is 10.1 Å². The number of ether oxygens (including phenoxy) is 1. The number of hydrogen-bond donors (Lipinski definition) is 3. The fraction of sp³-hybridized carbons (Fsp3) is 0.333. The number of carboxylic acids is 1. The van der Waals surface area contributed by atoms with Crippen LogP contribution in [0.2, 0.25) is 0 Å². The largest absolute Gasteiger partial charge is 0.480 e. The SMILES string of the molecule is O=C(N[C@@H](Cc1ccccc1)C(=O)O)OCCO. The van der Waals surface area contributed by atoms with Crippen molar-refractivity contribution in [3.8, 4) is 0 Å².